The van der Waals surface area contributed by atoms with Gasteiger partial charge in [0.1, 0.15) is 11.3 Å². The third kappa shape index (κ3) is 4.74. The predicted molar refractivity (Wildman–Crippen MR) is 116 cm³/mol. The van der Waals surface area contributed by atoms with E-state index < -0.39 is 0 Å². The minimum Gasteiger partial charge on any atom is -0.497 e. The molecule has 3 heterocycles. The number of methoxy groups -OCH3 is 1. The highest BCUT2D eigenvalue weighted by Gasteiger charge is 2.19. The summed E-state index contributed by atoms with van der Waals surface area (Å²) < 4.78 is 5.19. The van der Waals surface area contributed by atoms with Crippen molar-refractivity contribution in [2.45, 2.75) is 0 Å². The summed E-state index contributed by atoms with van der Waals surface area (Å²) >= 11 is 0. The fraction of sp³-hybridized carbons (Fsp3) is 0.333. The van der Waals surface area contributed by atoms with Gasteiger partial charge in [0.05, 0.1) is 26.0 Å². The number of rotatable bonds is 7. The topological polar surface area (TPSA) is 95.5 Å². The molecule has 9 nitrogen and oxygen atoms in total. The number of piperazine rings is 1. The minimum absolute atomic E-state index is 0.0457. The number of anilines is 2. The Labute approximate surface area is 175 Å². The van der Waals surface area contributed by atoms with Crippen LogP contribution in [0.4, 0.5) is 11.4 Å². The first kappa shape index (κ1) is 19.8. The number of carbonyl (C=O) groups excluding carboxylic acids is 1. The van der Waals surface area contributed by atoms with Crippen LogP contribution in [0.3, 0.4) is 0 Å². The average molecular weight is 407 g/mol. The van der Waals surface area contributed by atoms with Crippen LogP contribution in [0.25, 0.3) is 11.2 Å². The lowest BCUT2D eigenvalue weighted by molar-refractivity contribution is -0.120. The maximum atomic E-state index is 12.2. The van der Waals surface area contributed by atoms with E-state index in [0.717, 1.165) is 48.8 Å². The standard InChI is InChI=1S/C21H25N7O2/c1-30-17-4-2-3-16(13-17)25-14-19(29)26-15-27-9-11-28(12-10-27)18-5-6-23-21-20(18)22-7-8-24-21/h2-8,13,25H,9-12,14-15H2,1H3,(H,26,29). The summed E-state index contributed by atoms with van der Waals surface area (Å²) in [4.78, 5) is 29.7. The molecular formula is C21H25N7O2. The van der Waals surface area contributed by atoms with E-state index in [1.807, 2.05) is 30.3 Å². The van der Waals surface area contributed by atoms with Crippen molar-refractivity contribution < 1.29 is 9.53 Å². The molecule has 0 radical (unpaired) electrons. The molecule has 1 aliphatic rings. The molecule has 0 unspecified atom stereocenters. The van der Waals surface area contributed by atoms with Gasteiger partial charge in [-0.2, -0.15) is 0 Å². The highest BCUT2D eigenvalue weighted by Crippen LogP contribution is 2.23. The second kappa shape index (κ2) is 9.36. The number of nitrogens with one attached hydrogen (secondary N) is 2. The molecule has 9 heteroatoms. The van der Waals surface area contributed by atoms with Crippen LogP contribution >= 0.6 is 0 Å². The molecule has 3 aromatic rings. The molecule has 156 valence electrons. The number of benzene rings is 1. The van der Waals surface area contributed by atoms with Gasteiger partial charge in [0.2, 0.25) is 5.91 Å². The molecule has 1 saturated heterocycles. The van der Waals surface area contributed by atoms with Crippen LogP contribution in [0.1, 0.15) is 0 Å². The molecule has 4 rings (SSSR count). The van der Waals surface area contributed by atoms with Crippen LogP contribution in [-0.2, 0) is 4.79 Å². The molecule has 0 atom stereocenters. The van der Waals surface area contributed by atoms with Crippen molar-refractivity contribution in [3.05, 3.63) is 48.9 Å². The summed E-state index contributed by atoms with van der Waals surface area (Å²) in [5.74, 6) is 0.710. The Kier molecular flexibility index (Phi) is 6.19. The Morgan fingerprint density at radius 3 is 2.70 bits per heavy atom. The third-order valence-corrected chi connectivity index (χ3v) is 5.09. The summed E-state index contributed by atoms with van der Waals surface area (Å²) in [7, 11) is 1.62. The van der Waals surface area contributed by atoms with E-state index >= 15 is 0 Å². The Hall–Kier alpha value is -3.46. The average Bonchev–Trinajstić information content (AvgIpc) is 2.81. The second-order valence-electron chi connectivity index (χ2n) is 7.01. The zero-order valence-electron chi connectivity index (χ0n) is 16.9. The quantitative estimate of drug-likeness (QED) is 0.606. The fourth-order valence-corrected chi connectivity index (χ4v) is 3.44. The summed E-state index contributed by atoms with van der Waals surface area (Å²) in [5.41, 5.74) is 3.39. The highest BCUT2D eigenvalue weighted by molar-refractivity contribution is 5.85. The van der Waals surface area contributed by atoms with E-state index in [1.54, 1.807) is 25.7 Å². The molecule has 1 aromatic carbocycles. The Bertz CT molecular complexity index is 1000. The first-order valence-electron chi connectivity index (χ1n) is 9.90. The zero-order valence-corrected chi connectivity index (χ0v) is 16.9. The first-order valence-corrected chi connectivity index (χ1v) is 9.90. The van der Waals surface area contributed by atoms with Crippen molar-refractivity contribution in [1.82, 2.24) is 25.2 Å². The van der Waals surface area contributed by atoms with Gasteiger partial charge in [0.15, 0.2) is 5.65 Å². The largest absolute Gasteiger partial charge is 0.497 e. The first-order chi connectivity index (χ1) is 14.7. The number of hydrogen-bond acceptors (Lipinski definition) is 8. The predicted octanol–water partition coefficient (Wildman–Crippen LogP) is 1.34. The Morgan fingerprint density at radius 1 is 1.07 bits per heavy atom. The van der Waals surface area contributed by atoms with E-state index in [0.29, 0.717) is 12.3 Å². The molecule has 0 spiro atoms. The van der Waals surface area contributed by atoms with E-state index in [9.17, 15) is 4.79 Å². The summed E-state index contributed by atoms with van der Waals surface area (Å²) in [6, 6.07) is 9.50. The van der Waals surface area contributed by atoms with Crippen molar-refractivity contribution in [2.24, 2.45) is 0 Å². The Morgan fingerprint density at radius 2 is 1.87 bits per heavy atom. The number of fused-ring (bicyclic) bond motifs is 1. The minimum atomic E-state index is -0.0457. The lowest BCUT2D eigenvalue weighted by Crippen LogP contribution is -2.50. The fourth-order valence-electron chi connectivity index (χ4n) is 3.44. The van der Waals surface area contributed by atoms with E-state index in [4.69, 9.17) is 4.74 Å². The molecular weight excluding hydrogens is 382 g/mol. The maximum Gasteiger partial charge on any atom is 0.240 e. The molecule has 2 N–H and O–H groups in total. The highest BCUT2D eigenvalue weighted by atomic mass is 16.5. The van der Waals surface area contributed by atoms with E-state index in [1.165, 1.54) is 0 Å². The normalized spacial score (nSPS) is 14.5. The van der Waals surface area contributed by atoms with E-state index in [-0.39, 0.29) is 12.5 Å². The molecule has 1 amide bonds. The van der Waals surface area contributed by atoms with Crippen LogP contribution in [0.2, 0.25) is 0 Å². The lowest BCUT2D eigenvalue weighted by atomic mass is 10.2. The van der Waals surface area contributed by atoms with Gasteiger partial charge in [-0.15, -0.1) is 0 Å². The van der Waals surface area contributed by atoms with Crippen molar-refractivity contribution in [1.29, 1.82) is 0 Å². The van der Waals surface area contributed by atoms with Gasteiger partial charge in [-0.3, -0.25) is 9.69 Å². The van der Waals surface area contributed by atoms with Gasteiger partial charge < -0.3 is 20.3 Å². The van der Waals surface area contributed by atoms with Crippen LogP contribution in [-0.4, -0.2) is 72.3 Å². The van der Waals surface area contributed by atoms with Gasteiger partial charge in [0.25, 0.3) is 0 Å². The molecule has 0 bridgehead atoms. The van der Waals surface area contributed by atoms with Gasteiger partial charge in [0, 0.05) is 56.5 Å². The summed E-state index contributed by atoms with van der Waals surface area (Å²) in [5, 5.41) is 6.09. The monoisotopic (exact) mass is 407 g/mol. The van der Waals surface area contributed by atoms with Gasteiger partial charge in [-0.1, -0.05) is 6.07 Å². The van der Waals surface area contributed by atoms with Gasteiger partial charge in [-0.25, -0.2) is 15.0 Å². The SMILES string of the molecule is COc1cccc(NCC(=O)NCN2CCN(c3ccnc4nccnc34)CC2)c1. The van der Waals surface area contributed by atoms with Crippen LogP contribution < -0.4 is 20.3 Å². The smallest absolute Gasteiger partial charge is 0.240 e. The number of pyridine rings is 1. The van der Waals surface area contributed by atoms with E-state index in [2.05, 4.69) is 35.4 Å². The van der Waals surface area contributed by atoms with Gasteiger partial charge in [-0.05, 0) is 18.2 Å². The van der Waals surface area contributed by atoms with Crippen molar-refractivity contribution >= 4 is 28.4 Å². The maximum absolute atomic E-state index is 12.2. The zero-order chi connectivity index (χ0) is 20.8. The summed E-state index contributed by atoms with van der Waals surface area (Å²) in [6.45, 7) is 4.17. The van der Waals surface area contributed by atoms with Gasteiger partial charge >= 0.3 is 0 Å². The molecule has 0 saturated carbocycles. The number of aromatic nitrogens is 3. The van der Waals surface area contributed by atoms with Crippen molar-refractivity contribution in [3.63, 3.8) is 0 Å². The molecule has 1 fully saturated rings. The summed E-state index contributed by atoms with van der Waals surface area (Å²) in [6.07, 6.45) is 5.12. The number of ether oxygens (including phenoxy) is 1. The van der Waals surface area contributed by atoms with Crippen LogP contribution in [0.15, 0.2) is 48.9 Å². The molecule has 30 heavy (non-hydrogen) atoms. The lowest BCUT2D eigenvalue weighted by Gasteiger charge is -2.36. The van der Waals surface area contributed by atoms with Crippen LogP contribution in [0, 0.1) is 0 Å². The second-order valence-corrected chi connectivity index (χ2v) is 7.01. The molecule has 0 aliphatic carbocycles. The van der Waals surface area contributed by atoms with Crippen molar-refractivity contribution in [2.75, 3.05) is 56.7 Å². The molecule has 2 aromatic heterocycles. The number of hydrogen-bond donors (Lipinski definition) is 2. The molecule has 1 aliphatic heterocycles. The number of carbonyl (C=O) groups is 1. The third-order valence-electron chi connectivity index (χ3n) is 5.09. The number of nitrogens with zero attached hydrogens (tertiary/aromatic N) is 5. The van der Waals surface area contributed by atoms with Crippen LogP contribution in [0.5, 0.6) is 5.75 Å². The Balaban J connectivity index is 1.23. The number of amides is 1. The van der Waals surface area contributed by atoms with Crippen molar-refractivity contribution in [3.8, 4) is 5.75 Å².